The van der Waals surface area contributed by atoms with Crippen molar-refractivity contribution in [1.29, 1.82) is 0 Å². The monoisotopic (exact) mass is 485 g/mol. The molecule has 1 aromatic carbocycles. The SMILES string of the molecule is Cc1ccc(S(=O)(=O)n2cc(C3CCN(S(=O)(=O)c4cn[nH]c4)CC3)c3ccncc32)cc1. The Morgan fingerprint density at radius 3 is 2.33 bits per heavy atom. The van der Waals surface area contributed by atoms with Crippen LogP contribution in [0.2, 0.25) is 0 Å². The molecule has 0 spiro atoms. The van der Waals surface area contributed by atoms with Crippen LogP contribution in [0.25, 0.3) is 10.9 Å². The Bertz CT molecular complexity index is 1500. The lowest BCUT2D eigenvalue weighted by Crippen LogP contribution is -2.37. The summed E-state index contributed by atoms with van der Waals surface area (Å²) in [6.07, 6.45) is 8.73. The van der Waals surface area contributed by atoms with Gasteiger partial charge in [0.15, 0.2) is 0 Å². The van der Waals surface area contributed by atoms with Crippen LogP contribution in [-0.4, -0.2) is 53.4 Å². The molecular formula is C22H23N5O4S2. The summed E-state index contributed by atoms with van der Waals surface area (Å²) < 4.78 is 55.2. The van der Waals surface area contributed by atoms with Crippen LogP contribution in [0.5, 0.6) is 0 Å². The fraction of sp³-hybridized carbons (Fsp3) is 0.273. The number of hydrogen-bond acceptors (Lipinski definition) is 6. The molecule has 1 aliphatic rings. The van der Waals surface area contributed by atoms with Crippen molar-refractivity contribution in [3.8, 4) is 0 Å². The second-order valence-corrected chi connectivity index (χ2v) is 12.0. The number of aryl methyl sites for hydroxylation is 1. The summed E-state index contributed by atoms with van der Waals surface area (Å²) in [7, 11) is -7.40. The number of piperidine rings is 1. The van der Waals surface area contributed by atoms with Crippen molar-refractivity contribution in [2.45, 2.75) is 35.5 Å². The van der Waals surface area contributed by atoms with Crippen LogP contribution in [0, 0.1) is 6.92 Å². The normalized spacial score (nSPS) is 16.4. The van der Waals surface area contributed by atoms with Crippen LogP contribution in [0.3, 0.4) is 0 Å². The number of sulfonamides is 1. The molecule has 4 aromatic rings. The minimum absolute atomic E-state index is 0.0279. The van der Waals surface area contributed by atoms with E-state index in [0.29, 0.717) is 31.4 Å². The molecule has 0 bridgehead atoms. The van der Waals surface area contributed by atoms with Gasteiger partial charge in [0, 0.05) is 37.1 Å². The van der Waals surface area contributed by atoms with Gasteiger partial charge in [-0.05, 0) is 49.4 Å². The number of nitrogens with zero attached hydrogens (tertiary/aromatic N) is 4. The third-order valence-corrected chi connectivity index (χ3v) is 9.74. The largest absolute Gasteiger partial charge is 0.284 e. The molecule has 4 heterocycles. The van der Waals surface area contributed by atoms with Crippen LogP contribution >= 0.6 is 0 Å². The Hall–Kier alpha value is -3.02. The van der Waals surface area contributed by atoms with Crippen LogP contribution < -0.4 is 0 Å². The molecule has 33 heavy (non-hydrogen) atoms. The fourth-order valence-electron chi connectivity index (χ4n) is 4.36. The minimum atomic E-state index is -3.80. The Morgan fingerprint density at radius 2 is 1.67 bits per heavy atom. The second kappa shape index (κ2) is 8.08. The van der Waals surface area contributed by atoms with E-state index in [2.05, 4.69) is 15.2 Å². The zero-order valence-electron chi connectivity index (χ0n) is 17.9. The predicted molar refractivity (Wildman–Crippen MR) is 123 cm³/mol. The topological polar surface area (TPSA) is 118 Å². The quantitative estimate of drug-likeness (QED) is 0.464. The zero-order chi connectivity index (χ0) is 23.2. The Morgan fingerprint density at radius 1 is 0.939 bits per heavy atom. The maximum absolute atomic E-state index is 13.4. The third kappa shape index (κ3) is 3.75. The van der Waals surface area contributed by atoms with Crippen molar-refractivity contribution in [2.75, 3.05) is 13.1 Å². The molecule has 0 amide bonds. The summed E-state index contributed by atoms with van der Waals surface area (Å²) in [4.78, 5) is 4.50. The summed E-state index contributed by atoms with van der Waals surface area (Å²) in [6.45, 7) is 2.60. The number of aromatic nitrogens is 4. The molecule has 0 atom stereocenters. The average Bonchev–Trinajstić information content (AvgIpc) is 3.49. The van der Waals surface area contributed by atoms with Crippen molar-refractivity contribution >= 4 is 30.9 Å². The zero-order valence-corrected chi connectivity index (χ0v) is 19.6. The van der Waals surface area contributed by atoms with Gasteiger partial charge in [0.1, 0.15) is 4.90 Å². The molecule has 0 aliphatic carbocycles. The highest BCUT2D eigenvalue weighted by atomic mass is 32.2. The number of benzene rings is 1. The number of aromatic amines is 1. The molecule has 1 fully saturated rings. The Balaban J connectivity index is 1.48. The van der Waals surface area contributed by atoms with E-state index < -0.39 is 20.0 Å². The summed E-state index contributed by atoms with van der Waals surface area (Å²) in [5.41, 5.74) is 2.38. The first-order valence-electron chi connectivity index (χ1n) is 10.5. The molecule has 1 N–H and O–H groups in total. The first-order valence-corrected chi connectivity index (χ1v) is 13.4. The molecule has 0 unspecified atom stereocenters. The molecule has 9 nitrogen and oxygen atoms in total. The summed E-state index contributed by atoms with van der Waals surface area (Å²) in [5.74, 6) is 0.0279. The van der Waals surface area contributed by atoms with Crippen molar-refractivity contribution in [1.82, 2.24) is 23.5 Å². The standard InChI is InChI=1S/C22H23N5O4S2/c1-16-2-4-18(5-3-16)33(30,31)27-15-21(20-6-9-23-14-22(20)27)17-7-10-26(11-8-17)32(28,29)19-12-24-25-13-19/h2-6,9,12-15,17H,7-8,10-11H2,1H3,(H,24,25). The van der Waals surface area contributed by atoms with E-state index in [1.165, 1.54) is 20.7 Å². The lowest BCUT2D eigenvalue weighted by atomic mass is 9.90. The van der Waals surface area contributed by atoms with Gasteiger partial charge in [-0.25, -0.2) is 20.8 Å². The van der Waals surface area contributed by atoms with Gasteiger partial charge in [-0.1, -0.05) is 17.7 Å². The molecule has 1 saturated heterocycles. The number of H-pyrrole nitrogens is 1. The summed E-state index contributed by atoms with van der Waals surface area (Å²) in [6, 6.07) is 8.57. The lowest BCUT2D eigenvalue weighted by Gasteiger charge is -2.30. The van der Waals surface area contributed by atoms with Gasteiger partial charge in [0.05, 0.1) is 22.8 Å². The number of rotatable bonds is 5. The van der Waals surface area contributed by atoms with Crippen molar-refractivity contribution in [3.05, 3.63) is 72.4 Å². The second-order valence-electron chi connectivity index (χ2n) is 8.20. The van der Waals surface area contributed by atoms with E-state index in [9.17, 15) is 16.8 Å². The van der Waals surface area contributed by atoms with Crippen molar-refractivity contribution in [2.24, 2.45) is 0 Å². The maximum atomic E-state index is 13.4. The highest BCUT2D eigenvalue weighted by molar-refractivity contribution is 7.90. The van der Waals surface area contributed by atoms with Crippen LogP contribution in [-0.2, 0) is 20.0 Å². The van der Waals surface area contributed by atoms with Gasteiger partial charge in [0.25, 0.3) is 10.0 Å². The van der Waals surface area contributed by atoms with E-state index in [-0.39, 0.29) is 15.7 Å². The Kier molecular flexibility index (Phi) is 5.34. The molecule has 11 heteroatoms. The molecular weight excluding hydrogens is 462 g/mol. The van der Waals surface area contributed by atoms with Crippen molar-refractivity contribution in [3.63, 3.8) is 0 Å². The van der Waals surface area contributed by atoms with E-state index in [1.54, 1.807) is 42.9 Å². The molecule has 3 aromatic heterocycles. The molecule has 172 valence electrons. The van der Waals surface area contributed by atoms with Gasteiger partial charge in [-0.15, -0.1) is 0 Å². The molecule has 0 saturated carbocycles. The fourth-order valence-corrected chi connectivity index (χ4v) is 7.10. The van der Waals surface area contributed by atoms with E-state index in [0.717, 1.165) is 16.5 Å². The highest BCUT2D eigenvalue weighted by Crippen LogP contribution is 2.36. The number of hydrogen-bond donors (Lipinski definition) is 1. The number of pyridine rings is 1. The lowest BCUT2D eigenvalue weighted by molar-refractivity contribution is 0.320. The first kappa shape index (κ1) is 21.8. The molecule has 5 rings (SSSR count). The first-order chi connectivity index (χ1) is 15.8. The maximum Gasteiger partial charge on any atom is 0.268 e. The van der Waals surface area contributed by atoms with E-state index in [4.69, 9.17) is 0 Å². The van der Waals surface area contributed by atoms with E-state index >= 15 is 0 Å². The van der Waals surface area contributed by atoms with Gasteiger partial charge in [-0.2, -0.15) is 9.40 Å². The number of fused-ring (bicyclic) bond motifs is 1. The molecule has 1 aliphatic heterocycles. The number of nitrogens with one attached hydrogen (secondary N) is 1. The van der Waals surface area contributed by atoms with Gasteiger partial charge >= 0.3 is 0 Å². The van der Waals surface area contributed by atoms with E-state index in [1.807, 2.05) is 13.0 Å². The van der Waals surface area contributed by atoms with Crippen LogP contribution in [0.15, 0.2) is 71.1 Å². The Labute approximate surface area is 192 Å². The summed E-state index contributed by atoms with van der Waals surface area (Å²) in [5, 5.41) is 7.10. The average molecular weight is 486 g/mol. The van der Waals surface area contributed by atoms with Gasteiger partial charge in [0.2, 0.25) is 10.0 Å². The highest BCUT2D eigenvalue weighted by Gasteiger charge is 2.32. The minimum Gasteiger partial charge on any atom is -0.284 e. The predicted octanol–water partition coefficient (Wildman–Crippen LogP) is 2.87. The summed E-state index contributed by atoms with van der Waals surface area (Å²) >= 11 is 0. The molecule has 0 radical (unpaired) electrons. The van der Waals surface area contributed by atoms with Crippen LogP contribution in [0.1, 0.15) is 29.9 Å². The van der Waals surface area contributed by atoms with Crippen LogP contribution in [0.4, 0.5) is 0 Å². The smallest absolute Gasteiger partial charge is 0.268 e. The third-order valence-electron chi connectivity index (χ3n) is 6.19. The van der Waals surface area contributed by atoms with Crippen molar-refractivity contribution < 1.29 is 16.8 Å². The van der Waals surface area contributed by atoms with Gasteiger partial charge in [-0.3, -0.25) is 10.1 Å². The van der Waals surface area contributed by atoms with Gasteiger partial charge < -0.3 is 0 Å².